The summed E-state index contributed by atoms with van der Waals surface area (Å²) in [5, 5.41) is 4.71. The van der Waals surface area contributed by atoms with Gasteiger partial charge in [0, 0.05) is 38.3 Å². The standard InChI is InChI=1S/C40H27N3O/c1-40(2)31-23-26(39-42-37(24-13-5-3-6-14-24)41-38(43-39)25-15-7-4-8-16-25)21-22-29(31)33-27-17-9-10-18-28(27)36-34(35(33)40)30-19-11-12-20-32(30)44-36/h3-23H,1-2H3. The van der Waals surface area contributed by atoms with E-state index >= 15 is 0 Å². The minimum atomic E-state index is -0.285. The fraction of sp³-hybridized carbons (Fsp3) is 0.0750. The summed E-state index contributed by atoms with van der Waals surface area (Å²) in [5.74, 6) is 1.99. The first-order valence-electron chi connectivity index (χ1n) is 15.0. The van der Waals surface area contributed by atoms with Crippen molar-refractivity contribution in [1.82, 2.24) is 15.0 Å². The topological polar surface area (TPSA) is 51.8 Å². The molecule has 8 aromatic rings. The van der Waals surface area contributed by atoms with Gasteiger partial charge in [-0.2, -0.15) is 0 Å². The van der Waals surface area contributed by atoms with Gasteiger partial charge in [0.25, 0.3) is 0 Å². The van der Waals surface area contributed by atoms with Crippen LogP contribution in [0.3, 0.4) is 0 Å². The lowest BCUT2D eigenvalue weighted by Crippen LogP contribution is -2.15. The Balaban J connectivity index is 1.30. The maximum Gasteiger partial charge on any atom is 0.164 e. The molecule has 208 valence electrons. The van der Waals surface area contributed by atoms with Crippen molar-refractivity contribution in [3.05, 3.63) is 139 Å². The highest BCUT2D eigenvalue weighted by Gasteiger charge is 2.40. The Morgan fingerprint density at radius 2 is 1.07 bits per heavy atom. The van der Waals surface area contributed by atoms with Crippen molar-refractivity contribution in [3.8, 4) is 45.3 Å². The molecule has 44 heavy (non-hydrogen) atoms. The van der Waals surface area contributed by atoms with Gasteiger partial charge in [-0.25, -0.2) is 15.0 Å². The third-order valence-corrected chi connectivity index (χ3v) is 9.08. The Bertz CT molecular complexity index is 2350. The molecule has 0 fully saturated rings. The van der Waals surface area contributed by atoms with Crippen molar-refractivity contribution in [3.63, 3.8) is 0 Å². The Kier molecular flexibility index (Phi) is 5.21. The quantitative estimate of drug-likeness (QED) is 0.214. The number of nitrogens with zero attached hydrogens (tertiary/aromatic N) is 3. The molecule has 0 radical (unpaired) electrons. The molecule has 1 aliphatic carbocycles. The van der Waals surface area contributed by atoms with Gasteiger partial charge in [0.2, 0.25) is 0 Å². The molecule has 6 aromatic carbocycles. The summed E-state index contributed by atoms with van der Waals surface area (Å²) in [6, 6.07) is 44.0. The van der Waals surface area contributed by atoms with E-state index in [9.17, 15) is 0 Å². The van der Waals surface area contributed by atoms with Gasteiger partial charge >= 0.3 is 0 Å². The fourth-order valence-corrected chi connectivity index (χ4v) is 7.04. The zero-order chi connectivity index (χ0) is 29.4. The Morgan fingerprint density at radius 1 is 0.523 bits per heavy atom. The van der Waals surface area contributed by atoms with Crippen LogP contribution in [0.25, 0.3) is 78.0 Å². The van der Waals surface area contributed by atoms with Crippen molar-refractivity contribution in [2.75, 3.05) is 0 Å². The monoisotopic (exact) mass is 565 g/mol. The van der Waals surface area contributed by atoms with Crippen molar-refractivity contribution >= 4 is 32.7 Å². The smallest absolute Gasteiger partial charge is 0.164 e. The fourth-order valence-electron chi connectivity index (χ4n) is 7.04. The molecule has 0 saturated heterocycles. The van der Waals surface area contributed by atoms with Gasteiger partial charge in [0.15, 0.2) is 17.5 Å². The molecule has 9 rings (SSSR count). The maximum atomic E-state index is 6.56. The highest BCUT2D eigenvalue weighted by Crippen LogP contribution is 2.56. The minimum absolute atomic E-state index is 0.285. The second kappa shape index (κ2) is 9.19. The average molecular weight is 566 g/mol. The summed E-state index contributed by atoms with van der Waals surface area (Å²) in [7, 11) is 0. The lowest BCUT2D eigenvalue weighted by atomic mass is 9.79. The van der Waals surface area contributed by atoms with E-state index in [0.29, 0.717) is 17.5 Å². The second-order valence-electron chi connectivity index (χ2n) is 12.0. The van der Waals surface area contributed by atoms with E-state index in [2.05, 4.69) is 74.5 Å². The van der Waals surface area contributed by atoms with Crippen molar-refractivity contribution in [2.24, 2.45) is 0 Å². The van der Waals surface area contributed by atoms with E-state index in [0.717, 1.165) is 38.6 Å². The summed E-state index contributed by atoms with van der Waals surface area (Å²) in [6.07, 6.45) is 0. The van der Waals surface area contributed by atoms with Crippen LogP contribution in [0, 0.1) is 0 Å². The third-order valence-electron chi connectivity index (χ3n) is 9.08. The van der Waals surface area contributed by atoms with E-state index in [4.69, 9.17) is 19.4 Å². The molecular formula is C40H27N3O. The molecule has 2 heterocycles. The predicted octanol–water partition coefficient (Wildman–Crippen LogP) is 10.2. The largest absolute Gasteiger partial charge is 0.455 e. The molecule has 2 aromatic heterocycles. The van der Waals surface area contributed by atoms with Crippen LogP contribution in [0.5, 0.6) is 0 Å². The van der Waals surface area contributed by atoms with Gasteiger partial charge in [-0.05, 0) is 39.8 Å². The number of para-hydroxylation sites is 1. The van der Waals surface area contributed by atoms with E-state index in [-0.39, 0.29) is 5.41 Å². The Hall–Kier alpha value is -5.61. The number of hydrogen-bond donors (Lipinski definition) is 0. The summed E-state index contributed by atoms with van der Waals surface area (Å²) >= 11 is 0. The second-order valence-corrected chi connectivity index (χ2v) is 12.0. The number of hydrogen-bond acceptors (Lipinski definition) is 4. The van der Waals surface area contributed by atoms with E-state index < -0.39 is 0 Å². The predicted molar refractivity (Wildman–Crippen MR) is 178 cm³/mol. The van der Waals surface area contributed by atoms with E-state index in [1.807, 2.05) is 66.7 Å². The van der Waals surface area contributed by atoms with Crippen molar-refractivity contribution < 1.29 is 4.42 Å². The molecule has 0 aliphatic heterocycles. The first-order valence-corrected chi connectivity index (χ1v) is 15.0. The SMILES string of the molecule is CC1(C)c2cc(-c3nc(-c4ccccc4)nc(-c4ccccc4)n3)ccc2-c2c1c1c3ccccc3oc1c1ccccc21. The first-order chi connectivity index (χ1) is 21.6. The van der Waals surface area contributed by atoms with Crippen molar-refractivity contribution in [1.29, 1.82) is 0 Å². The Labute approximate surface area is 254 Å². The molecule has 0 atom stereocenters. The van der Waals surface area contributed by atoms with Gasteiger partial charge in [-0.3, -0.25) is 0 Å². The summed E-state index contributed by atoms with van der Waals surface area (Å²) in [6.45, 7) is 4.66. The summed E-state index contributed by atoms with van der Waals surface area (Å²) in [4.78, 5) is 14.9. The molecule has 4 nitrogen and oxygen atoms in total. The van der Waals surface area contributed by atoms with Crippen LogP contribution in [-0.4, -0.2) is 15.0 Å². The first kappa shape index (κ1) is 24.9. The minimum Gasteiger partial charge on any atom is -0.455 e. The molecule has 0 saturated carbocycles. The molecule has 4 heteroatoms. The number of rotatable bonds is 3. The van der Waals surface area contributed by atoms with Crippen LogP contribution in [0.4, 0.5) is 0 Å². The third kappa shape index (κ3) is 3.54. The number of fused-ring (bicyclic) bond motifs is 10. The molecule has 0 spiro atoms. The van der Waals surface area contributed by atoms with Crippen LogP contribution in [-0.2, 0) is 5.41 Å². The normalized spacial score (nSPS) is 13.4. The average Bonchev–Trinajstić information content (AvgIpc) is 3.58. The molecule has 0 bridgehead atoms. The van der Waals surface area contributed by atoms with Gasteiger partial charge in [0.05, 0.1) is 0 Å². The van der Waals surface area contributed by atoms with Crippen LogP contribution in [0.2, 0.25) is 0 Å². The maximum absolute atomic E-state index is 6.56. The molecule has 0 unspecified atom stereocenters. The van der Waals surface area contributed by atoms with Crippen LogP contribution in [0.1, 0.15) is 25.0 Å². The number of furan rings is 1. The number of benzene rings is 6. The lowest BCUT2D eigenvalue weighted by molar-refractivity contribution is 0.659. The zero-order valence-corrected chi connectivity index (χ0v) is 24.4. The van der Waals surface area contributed by atoms with Crippen LogP contribution < -0.4 is 0 Å². The van der Waals surface area contributed by atoms with Gasteiger partial charge < -0.3 is 4.42 Å². The van der Waals surface area contributed by atoms with Crippen molar-refractivity contribution in [2.45, 2.75) is 19.3 Å². The number of aromatic nitrogens is 3. The highest BCUT2D eigenvalue weighted by molar-refractivity contribution is 6.23. The summed E-state index contributed by atoms with van der Waals surface area (Å²) in [5.41, 5.74) is 9.59. The molecule has 0 amide bonds. The van der Waals surface area contributed by atoms with Gasteiger partial charge in [-0.15, -0.1) is 0 Å². The van der Waals surface area contributed by atoms with E-state index in [1.165, 1.54) is 33.0 Å². The molecular weight excluding hydrogens is 538 g/mol. The van der Waals surface area contributed by atoms with Gasteiger partial charge in [-0.1, -0.05) is 129 Å². The summed E-state index contributed by atoms with van der Waals surface area (Å²) < 4.78 is 6.56. The van der Waals surface area contributed by atoms with Crippen LogP contribution in [0.15, 0.2) is 132 Å². The molecule has 1 aliphatic rings. The molecule has 0 N–H and O–H groups in total. The van der Waals surface area contributed by atoms with E-state index in [1.54, 1.807) is 0 Å². The zero-order valence-electron chi connectivity index (χ0n) is 24.4. The lowest BCUT2D eigenvalue weighted by Gasteiger charge is -2.23. The highest BCUT2D eigenvalue weighted by atomic mass is 16.3. The van der Waals surface area contributed by atoms with Crippen LogP contribution >= 0.6 is 0 Å². The van der Waals surface area contributed by atoms with Gasteiger partial charge in [0.1, 0.15) is 11.2 Å². The Morgan fingerprint density at radius 3 is 1.73 bits per heavy atom.